The Labute approximate surface area is 196 Å². The molecule has 1 saturated carbocycles. The molecule has 2 saturated heterocycles. The van der Waals surface area contributed by atoms with Gasteiger partial charge in [0.25, 0.3) is 10.1 Å². The van der Waals surface area contributed by atoms with Crippen LogP contribution in [0.25, 0.3) is 0 Å². The summed E-state index contributed by atoms with van der Waals surface area (Å²) in [5, 5.41) is 0. The van der Waals surface area contributed by atoms with Crippen molar-refractivity contribution in [2.45, 2.75) is 90.0 Å². The van der Waals surface area contributed by atoms with Gasteiger partial charge in [0.15, 0.2) is 14.6 Å². The third-order valence-electron chi connectivity index (χ3n) is 6.97. The molecule has 3 aliphatic rings. The monoisotopic (exact) mass is 492 g/mol. The lowest BCUT2D eigenvalue weighted by Gasteiger charge is -2.33. The number of ether oxygens (including phenoxy) is 3. The van der Waals surface area contributed by atoms with Gasteiger partial charge in [-0.2, -0.15) is 8.42 Å². The van der Waals surface area contributed by atoms with Crippen molar-refractivity contribution < 1.29 is 31.2 Å². The number of hydrogen-bond acceptors (Lipinski definition) is 7. The molecule has 0 radical (unpaired) electrons. The summed E-state index contributed by atoms with van der Waals surface area (Å²) in [6, 6.07) is 1.15. The summed E-state index contributed by atoms with van der Waals surface area (Å²) in [4.78, 5) is 0. The SMILES string of the molecule is CC(C)C[Si](C)(C)OC[C@@H]1[C@H]2CC[C@H](COS(C)(=O)=O)CO[C@H]2C[C@H]1OC1CCCCO1. The molecule has 9 heteroatoms. The summed E-state index contributed by atoms with van der Waals surface area (Å²) in [5.74, 6) is 1.37. The minimum Gasteiger partial charge on any atom is -0.417 e. The minimum absolute atomic E-state index is 0.0840. The average Bonchev–Trinajstić information content (AvgIpc) is 2.87. The molecule has 0 spiro atoms. The molecule has 0 aromatic carbocycles. The van der Waals surface area contributed by atoms with Gasteiger partial charge in [0, 0.05) is 31.5 Å². The quantitative estimate of drug-likeness (QED) is 0.334. The lowest BCUT2D eigenvalue weighted by atomic mass is 9.88. The Morgan fingerprint density at radius 3 is 2.50 bits per heavy atom. The fourth-order valence-corrected chi connectivity index (χ4v) is 8.78. The van der Waals surface area contributed by atoms with Crippen LogP contribution in [0.3, 0.4) is 0 Å². The van der Waals surface area contributed by atoms with E-state index < -0.39 is 18.4 Å². The van der Waals surface area contributed by atoms with E-state index in [2.05, 4.69) is 26.9 Å². The predicted molar refractivity (Wildman–Crippen MR) is 126 cm³/mol. The topological polar surface area (TPSA) is 80.3 Å². The molecule has 0 N–H and O–H groups in total. The molecule has 3 fully saturated rings. The first-order chi connectivity index (χ1) is 15.0. The summed E-state index contributed by atoms with van der Waals surface area (Å²) < 4.78 is 53.1. The Morgan fingerprint density at radius 1 is 1.06 bits per heavy atom. The van der Waals surface area contributed by atoms with Crippen LogP contribution < -0.4 is 0 Å². The van der Waals surface area contributed by atoms with Crippen LogP contribution in [0.5, 0.6) is 0 Å². The molecule has 7 nitrogen and oxygen atoms in total. The van der Waals surface area contributed by atoms with E-state index in [0.717, 1.165) is 57.4 Å². The second kappa shape index (κ2) is 11.6. The third kappa shape index (κ3) is 8.32. The van der Waals surface area contributed by atoms with Crippen molar-refractivity contribution in [1.82, 2.24) is 0 Å². The molecular weight excluding hydrogens is 448 g/mol. The van der Waals surface area contributed by atoms with E-state index in [4.69, 9.17) is 22.8 Å². The predicted octanol–water partition coefficient (Wildman–Crippen LogP) is 4.18. The number of hydrogen-bond donors (Lipinski definition) is 0. The van der Waals surface area contributed by atoms with Crippen LogP contribution in [0.1, 0.15) is 52.4 Å². The zero-order valence-corrected chi connectivity index (χ0v) is 22.4. The first kappa shape index (κ1) is 26.6. The van der Waals surface area contributed by atoms with E-state index in [1.54, 1.807) is 0 Å². The zero-order valence-electron chi connectivity index (χ0n) is 20.6. The largest absolute Gasteiger partial charge is 0.417 e. The zero-order chi connectivity index (χ0) is 23.4. The number of fused-ring (bicyclic) bond motifs is 1. The summed E-state index contributed by atoms with van der Waals surface area (Å²) in [6.07, 6.45) is 7.14. The minimum atomic E-state index is -3.43. The fraction of sp³-hybridized carbons (Fsp3) is 1.00. The smallest absolute Gasteiger partial charge is 0.264 e. The van der Waals surface area contributed by atoms with E-state index >= 15 is 0 Å². The molecule has 1 unspecified atom stereocenters. The van der Waals surface area contributed by atoms with Crippen LogP contribution in [-0.2, 0) is 32.9 Å². The van der Waals surface area contributed by atoms with Crippen LogP contribution in [0.2, 0.25) is 19.1 Å². The second-order valence-electron chi connectivity index (χ2n) is 11.0. The van der Waals surface area contributed by atoms with E-state index in [1.807, 2.05) is 0 Å². The van der Waals surface area contributed by atoms with Crippen molar-refractivity contribution in [1.29, 1.82) is 0 Å². The average molecular weight is 493 g/mol. The molecular formula is C23H44O7SSi. The third-order valence-corrected chi connectivity index (χ3v) is 10.3. The summed E-state index contributed by atoms with van der Waals surface area (Å²) in [5.41, 5.74) is 0. The fourth-order valence-electron chi connectivity index (χ4n) is 5.61. The Morgan fingerprint density at radius 2 is 1.84 bits per heavy atom. The summed E-state index contributed by atoms with van der Waals surface area (Å²) in [6.45, 7) is 11.3. The number of rotatable bonds is 10. The lowest BCUT2D eigenvalue weighted by Crippen LogP contribution is -2.39. The van der Waals surface area contributed by atoms with Gasteiger partial charge in [-0.3, -0.25) is 4.18 Å². The Bertz CT molecular complexity index is 678. The Balaban J connectivity index is 1.64. The van der Waals surface area contributed by atoms with Crippen molar-refractivity contribution in [2.75, 3.05) is 32.7 Å². The van der Waals surface area contributed by atoms with E-state index in [0.29, 0.717) is 25.0 Å². The summed E-state index contributed by atoms with van der Waals surface area (Å²) in [7, 11) is -5.18. The molecule has 0 aromatic rings. The van der Waals surface area contributed by atoms with Crippen molar-refractivity contribution in [2.24, 2.45) is 23.7 Å². The van der Waals surface area contributed by atoms with Gasteiger partial charge >= 0.3 is 0 Å². The molecule has 0 aromatic heterocycles. The van der Waals surface area contributed by atoms with Gasteiger partial charge in [-0.15, -0.1) is 0 Å². The van der Waals surface area contributed by atoms with Crippen molar-refractivity contribution in [3.63, 3.8) is 0 Å². The Kier molecular flexibility index (Phi) is 9.63. The first-order valence-electron chi connectivity index (χ1n) is 12.4. The van der Waals surface area contributed by atoms with Crippen LogP contribution in [0.15, 0.2) is 0 Å². The van der Waals surface area contributed by atoms with E-state index in [1.165, 1.54) is 0 Å². The highest BCUT2D eigenvalue weighted by molar-refractivity contribution is 7.85. The van der Waals surface area contributed by atoms with Gasteiger partial charge < -0.3 is 18.6 Å². The molecule has 0 bridgehead atoms. The molecule has 2 aliphatic heterocycles. The van der Waals surface area contributed by atoms with Crippen molar-refractivity contribution >= 4 is 18.4 Å². The molecule has 0 amide bonds. The highest BCUT2D eigenvalue weighted by Crippen LogP contribution is 2.43. The van der Waals surface area contributed by atoms with Gasteiger partial charge in [0.05, 0.1) is 31.7 Å². The van der Waals surface area contributed by atoms with Gasteiger partial charge in [-0.25, -0.2) is 0 Å². The molecule has 32 heavy (non-hydrogen) atoms. The molecule has 6 atom stereocenters. The lowest BCUT2D eigenvalue weighted by molar-refractivity contribution is -0.198. The molecule has 188 valence electrons. The maximum atomic E-state index is 11.4. The maximum absolute atomic E-state index is 11.4. The van der Waals surface area contributed by atoms with Crippen LogP contribution in [-0.4, -0.2) is 67.9 Å². The first-order valence-corrected chi connectivity index (χ1v) is 17.3. The van der Waals surface area contributed by atoms with E-state index in [9.17, 15) is 8.42 Å². The van der Waals surface area contributed by atoms with Crippen molar-refractivity contribution in [3.05, 3.63) is 0 Å². The van der Waals surface area contributed by atoms with E-state index in [-0.39, 0.29) is 36.9 Å². The van der Waals surface area contributed by atoms with Crippen LogP contribution in [0.4, 0.5) is 0 Å². The summed E-state index contributed by atoms with van der Waals surface area (Å²) >= 11 is 0. The standard InChI is InChI=1S/C23H44O7SSi/c1-17(2)16-32(4,5)29-15-20-19-10-9-18(14-28-31(3,24)25)13-27-21(19)12-22(20)30-23-8-6-7-11-26-23/h17-23H,6-16H2,1-5H3/t18-,19+,20+,21-,22+,23?/m0/s1. The van der Waals surface area contributed by atoms with Crippen LogP contribution >= 0.6 is 0 Å². The highest BCUT2D eigenvalue weighted by atomic mass is 32.2. The van der Waals surface area contributed by atoms with Crippen LogP contribution in [0, 0.1) is 23.7 Å². The molecule has 1 aliphatic carbocycles. The van der Waals surface area contributed by atoms with Gasteiger partial charge in [-0.1, -0.05) is 13.8 Å². The van der Waals surface area contributed by atoms with Gasteiger partial charge in [0.2, 0.25) is 0 Å². The van der Waals surface area contributed by atoms with Gasteiger partial charge in [0.1, 0.15) is 0 Å². The Hall–Kier alpha value is -0.0331. The van der Waals surface area contributed by atoms with Gasteiger partial charge in [-0.05, 0) is 63.1 Å². The second-order valence-corrected chi connectivity index (χ2v) is 16.9. The molecule has 3 rings (SSSR count). The normalized spacial score (nSPS) is 34.4. The highest BCUT2D eigenvalue weighted by Gasteiger charge is 2.47. The maximum Gasteiger partial charge on any atom is 0.264 e. The molecule has 2 heterocycles. The van der Waals surface area contributed by atoms with Crippen molar-refractivity contribution in [3.8, 4) is 0 Å².